The zero-order valence-corrected chi connectivity index (χ0v) is 15.1. The van der Waals surface area contributed by atoms with Gasteiger partial charge < -0.3 is 5.32 Å². The van der Waals surface area contributed by atoms with Gasteiger partial charge in [0.2, 0.25) is 5.91 Å². The van der Waals surface area contributed by atoms with E-state index in [9.17, 15) is 4.79 Å². The maximum absolute atomic E-state index is 12.2. The van der Waals surface area contributed by atoms with E-state index in [1.165, 1.54) is 11.1 Å². The van der Waals surface area contributed by atoms with Crippen molar-refractivity contribution in [3.05, 3.63) is 70.7 Å². The Morgan fingerprint density at radius 3 is 2.33 bits per heavy atom. The molecule has 0 aliphatic rings. The molecule has 4 heteroatoms. The summed E-state index contributed by atoms with van der Waals surface area (Å²) in [5.41, 5.74) is 2.39. The first-order chi connectivity index (χ1) is 11.5. The lowest BCUT2D eigenvalue weighted by Gasteiger charge is -2.26. The average molecular weight is 345 g/mol. The summed E-state index contributed by atoms with van der Waals surface area (Å²) < 4.78 is 0. The van der Waals surface area contributed by atoms with Gasteiger partial charge in [-0.15, -0.1) is 0 Å². The van der Waals surface area contributed by atoms with Crippen LogP contribution >= 0.6 is 11.6 Å². The van der Waals surface area contributed by atoms with Gasteiger partial charge in [-0.05, 0) is 43.5 Å². The van der Waals surface area contributed by atoms with Gasteiger partial charge in [0, 0.05) is 24.2 Å². The van der Waals surface area contributed by atoms with E-state index < -0.39 is 0 Å². The summed E-state index contributed by atoms with van der Waals surface area (Å²) in [6.07, 6.45) is 0.809. The van der Waals surface area contributed by atoms with E-state index >= 15 is 0 Å². The van der Waals surface area contributed by atoms with Gasteiger partial charge in [0.25, 0.3) is 0 Å². The van der Waals surface area contributed by atoms with Crippen molar-refractivity contribution in [3.8, 4) is 0 Å². The summed E-state index contributed by atoms with van der Waals surface area (Å²) in [6, 6.07) is 18.3. The highest BCUT2D eigenvalue weighted by molar-refractivity contribution is 6.30. The van der Waals surface area contributed by atoms with Crippen LogP contribution in [-0.4, -0.2) is 29.9 Å². The number of halogens is 1. The summed E-state index contributed by atoms with van der Waals surface area (Å²) in [7, 11) is 0. The summed E-state index contributed by atoms with van der Waals surface area (Å²) >= 11 is 5.87. The van der Waals surface area contributed by atoms with Crippen molar-refractivity contribution in [1.82, 2.24) is 10.2 Å². The Morgan fingerprint density at radius 2 is 1.71 bits per heavy atom. The van der Waals surface area contributed by atoms with E-state index in [1.54, 1.807) is 0 Å². The Kier molecular flexibility index (Phi) is 7.29. The number of carbonyl (C=O) groups is 1. The molecular formula is C20H25ClN2O. The molecule has 0 saturated heterocycles. The number of carbonyl (C=O) groups excluding carboxylic acids is 1. The summed E-state index contributed by atoms with van der Waals surface area (Å²) in [4.78, 5) is 14.4. The minimum absolute atomic E-state index is 0.0635. The van der Waals surface area contributed by atoms with Crippen molar-refractivity contribution >= 4 is 17.5 Å². The highest BCUT2D eigenvalue weighted by Crippen LogP contribution is 2.10. The Labute approximate surface area is 149 Å². The Bertz CT molecular complexity index is 626. The molecule has 2 aromatic rings. The molecule has 0 atom stereocenters. The van der Waals surface area contributed by atoms with Crippen LogP contribution in [0.5, 0.6) is 0 Å². The molecule has 1 N–H and O–H groups in total. The molecule has 0 radical (unpaired) electrons. The number of amides is 1. The van der Waals surface area contributed by atoms with E-state index in [1.807, 2.05) is 42.5 Å². The van der Waals surface area contributed by atoms with Crippen LogP contribution in [0.15, 0.2) is 54.6 Å². The van der Waals surface area contributed by atoms with Gasteiger partial charge in [-0.2, -0.15) is 0 Å². The zero-order chi connectivity index (χ0) is 17.4. The third kappa shape index (κ3) is 6.34. The SMILES string of the molecule is CC(C)N(CC(=O)NCCc1ccc(Cl)cc1)Cc1ccccc1. The number of hydrogen-bond donors (Lipinski definition) is 1. The lowest BCUT2D eigenvalue weighted by atomic mass is 10.1. The molecule has 0 heterocycles. The number of hydrogen-bond acceptors (Lipinski definition) is 2. The van der Waals surface area contributed by atoms with E-state index in [0.29, 0.717) is 19.1 Å². The molecule has 2 aromatic carbocycles. The van der Waals surface area contributed by atoms with Crippen LogP contribution in [-0.2, 0) is 17.8 Å². The van der Waals surface area contributed by atoms with Crippen LogP contribution < -0.4 is 5.32 Å². The predicted molar refractivity (Wildman–Crippen MR) is 100 cm³/mol. The summed E-state index contributed by atoms with van der Waals surface area (Å²) in [6.45, 7) is 6.06. The predicted octanol–water partition coefficient (Wildman–Crippen LogP) is 3.91. The molecule has 0 bridgehead atoms. The van der Waals surface area contributed by atoms with E-state index in [2.05, 4.69) is 36.2 Å². The molecule has 1 amide bonds. The minimum atomic E-state index is 0.0635. The van der Waals surface area contributed by atoms with Gasteiger partial charge in [-0.1, -0.05) is 54.1 Å². The number of nitrogens with zero attached hydrogens (tertiary/aromatic N) is 1. The maximum atomic E-state index is 12.2. The molecule has 128 valence electrons. The van der Waals surface area contributed by atoms with Gasteiger partial charge in [0.05, 0.1) is 6.54 Å². The highest BCUT2D eigenvalue weighted by atomic mass is 35.5. The molecule has 0 aliphatic carbocycles. The first-order valence-electron chi connectivity index (χ1n) is 8.33. The molecular weight excluding hydrogens is 320 g/mol. The monoisotopic (exact) mass is 344 g/mol. The second kappa shape index (κ2) is 9.45. The van der Waals surface area contributed by atoms with Crippen molar-refractivity contribution in [2.45, 2.75) is 32.9 Å². The maximum Gasteiger partial charge on any atom is 0.234 e. The third-order valence-electron chi connectivity index (χ3n) is 3.95. The first-order valence-corrected chi connectivity index (χ1v) is 8.71. The number of benzene rings is 2. The smallest absolute Gasteiger partial charge is 0.234 e. The fourth-order valence-electron chi connectivity index (χ4n) is 2.48. The molecule has 0 unspecified atom stereocenters. The van der Waals surface area contributed by atoms with Crippen LogP contribution in [0.4, 0.5) is 0 Å². The Balaban J connectivity index is 1.79. The molecule has 2 rings (SSSR count). The lowest BCUT2D eigenvalue weighted by Crippen LogP contribution is -2.40. The van der Waals surface area contributed by atoms with Crippen molar-refractivity contribution in [2.75, 3.05) is 13.1 Å². The number of rotatable bonds is 8. The second-order valence-corrected chi connectivity index (χ2v) is 6.65. The number of nitrogens with one attached hydrogen (secondary N) is 1. The van der Waals surface area contributed by atoms with E-state index in [0.717, 1.165) is 18.0 Å². The minimum Gasteiger partial charge on any atom is -0.355 e. The second-order valence-electron chi connectivity index (χ2n) is 6.21. The van der Waals surface area contributed by atoms with Crippen molar-refractivity contribution in [3.63, 3.8) is 0 Å². The van der Waals surface area contributed by atoms with Gasteiger partial charge in [-0.3, -0.25) is 9.69 Å². The van der Waals surface area contributed by atoms with Crippen LogP contribution in [0.2, 0.25) is 5.02 Å². The largest absolute Gasteiger partial charge is 0.355 e. The molecule has 0 aromatic heterocycles. The molecule has 0 fully saturated rings. The normalized spacial score (nSPS) is 11.0. The zero-order valence-electron chi connectivity index (χ0n) is 14.3. The average Bonchev–Trinajstić information content (AvgIpc) is 2.57. The van der Waals surface area contributed by atoms with Gasteiger partial charge in [0.15, 0.2) is 0 Å². The molecule has 0 spiro atoms. The van der Waals surface area contributed by atoms with Crippen LogP contribution in [0.1, 0.15) is 25.0 Å². The summed E-state index contributed by atoms with van der Waals surface area (Å²) in [5.74, 6) is 0.0635. The summed E-state index contributed by atoms with van der Waals surface area (Å²) in [5, 5.41) is 3.74. The van der Waals surface area contributed by atoms with Crippen LogP contribution in [0.25, 0.3) is 0 Å². The third-order valence-corrected chi connectivity index (χ3v) is 4.21. The molecule has 0 saturated carbocycles. The highest BCUT2D eigenvalue weighted by Gasteiger charge is 2.14. The fraction of sp³-hybridized carbons (Fsp3) is 0.350. The molecule has 0 aliphatic heterocycles. The molecule has 3 nitrogen and oxygen atoms in total. The van der Waals surface area contributed by atoms with E-state index in [-0.39, 0.29) is 5.91 Å². The van der Waals surface area contributed by atoms with Crippen LogP contribution in [0.3, 0.4) is 0 Å². The fourth-order valence-corrected chi connectivity index (χ4v) is 2.60. The van der Waals surface area contributed by atoms with Gasteiger partial charge in [-0.25, -0.2) is 0 Å². The van der Waals surface area contributed by atoms with Crippen LogP contribution in [0, 0.1) is 0 Å². The van der Waals surface area contributed by atoms with Crippen molar-refractivity contribution < 1.29 is 4.79 Å². The van der Waals surface area contributed by atoms with Gasteiger partial charge >= 0.3 is 0 Å². The first kappa shape index (κ1) is 18.5. The Hall–Kier alpha value is -1.84. The lowest BCUT2D eigenvalue weighted by molar-refractivity contribution is -0.122. The quantitative estimate of drug-likeness (QED) is 0.787. The van der Waals surface area contributed by atoms with Gasteiger partial charge in [0.1, 0.15) is 0 Å². The standard InChI is InChI=1S/C20H25ClN2O/c1-16(2)23(14-18-6-4-3-5-7-18)15-20(24)22-13-12-17-8-10-19(21)11-9-17/h3-11,16H,12-15H2,1-2H3,(H,22,24). The van der Waals surface area contributed by atoms with Crippen molar-refractivity contribution in [2.24, 2.45) is 0 Å². The van der Waals surface area contributed by atoms with Crippen molar-refractivity contribution in [1.29, 1.82) is 0 Å². The topological polar surface area (TPSA) is 32.3 Å². The molecule has 24 heavy (non-hydrogen) atoms. The van der Waals surface area contributed by atoms with E-state index in [4.69, 9.17) is 11.6 Å². The Morgan fingerprint density at radius 1 is 1.04 bits per heavy atom.